The minimum absolute atomic E-state index is 0. The van der Waals surface area contributed by atoms with E-state index in [4.69, 9.17) is 0 Å². The third kappa shape index (κ3) is 7.73. The van der Waals surface area contributed by atoms with E-state index in [9.17, 15) is 5.11 Å². The number of hydrogen-bond acceptors (Lipinski definition) is 5. The maximum atomic E-state index is 10.5. The number of guanidine groups is 1. The SMILES string of the molecule is CCNC(=NCC(O)c1cc2ccccc2s1)NCCCCNc1ccccn1.I. The minimum Gasteiger partial charge on any atom is -0.386 e. The highest BCUT2D eigenvalue weighted by atomic mass is 127. The van der Waals surface area contributed by atoms with Crippen molar-refractivity contribution in [1.29, 1.82) is 0 Å². The lowest BCUT2D eigenvalue weighted by Gasteiger charge is -2.13. The second kappa shape index (κ2) is 13.4. The lowest BCUT2D eigenvalue weighted by Crippen LogP contribution is -2.38. The molecule has 0 amide bonds. The second-order valence-corrected chi connectivity index (χ2v) is 7.81. The molecule has 0 saturated carbocycles. The summed E-state index contributed by atoms with van der Waals surface area (Å²) < 4.78 is 1.19. The van der Waals surface area contributed by atoms with Gasteiger partial charge in [0.15, 0.2) is 5.96 Å². The maximum absolute atomic E-state index is 10.5. The van der Waals surface area contributed by atoms with Crippen molar-refractivity contribution in [3.63, 3.8) is 0 Å². The Labute approximate surface area is 199 Å². The van der Waals surface area contributed by atoms with Crippen LogP contribution in [0.25, 0.3) is 10.1 Å². The lowest BCUT2D eigenvalue weighted by molar-refractivity contribution is 0.191. The number of nitrogens with zero attached hydrogens (tertiary/aromatic N) is 2. The number of halogens is 1. The van der Waals surface area contributed by atoms with E-state index in [2.05, 4.69) is 44.1 Å². The fourth-order valence-corrected chi connectivity index (χ4v) is 3.96. The molecule has 0 aliphatic carbocycles. The van der Waals surface area contributed by atoms with Crippen LogP contribution in [0.4, 0.5) is 5.82 Å². The van der Waals surface area contributed by atoms with Crippen LogP contribution in [0.1, 0.15) is 30.7 Å². The van der Waals surface area contributed by atoms with Crippen molar-refractivity contribution < 1.29 is 5.11 Å². The number of hydrogen-bond donors (Lipinski definition) is 4. The quantitative estimate of drug-likeness (QED) is 0.133. The van der Waals surface area contributed by atoms with Crippen LogP contribution in [0.15, 0.2) is 59.7 Å². The largest absolute Gasteiger partial charge is 0.386 e. The molecule has 0 radical (unpaired) electrons. The first kappa shape index (κ1) is 24.4. The van der Waals surface area contributed by atoms with Crippen LogP contribution >= 0.6 is 35.3 Å². The Kier molecular flexibility index (Phi) is 10.9. The molecule has 162 valence electrons. The lowest BCUT2D eigenvalue weighted by atomic mass is 10.2. The Hall–Kier alpha value is -1.91. The summed E-state index contributed by atoms with van der Waals surface area (Å²) in [6.07, 6.45) is 3.25. The van der Waals surface area contributed by atoms with Crippen LogP contribution in [-0.2, 0) is 0 Å². The number of unbranched alkanes of at least 4 members (excludes halogenated alkanes) is 1. The van der Waals surface area contributed by atoms with Crippen LogP contribution in [0, 0.1) is 0 Å². The van der Waals surface area contributed by atoms with E-state index in [0.29, 0.717) is 6.54 Å². The first-order valence-electron chi connectivity index (χ1n) is 10.1. The van der Waals surface area contributed by atoms with Gasteiger partial charge in [0, 0.05) is 35.4 Å². The summed E-state index contributed by atoms with van der Waals surface area (Å²) in [4.78, 5) is 9.75. The molecule has 0 fully saturated rings. The third-order valence-corrected chi connectivity index (χ3v) is 5.62. The number of aliphatic hydroxyl groups is 1. The van der Waals surface area contributed by atoms with Gasteiger partial charge in [-0.15, -0.1) is 35.3 Å². The van der Waals surface area contributed by atoms with Crippen molar-refractivity contribution in [3.05, 3.63) is 59.6 Å². The number of rotatable bonds is 10. The summed E-state index contributed by atoms with van der Waals surface area (Å²) in [5.41, 5.74) is 0. The Morgan fingerprint density at radius 2 is 1.90 bits per heavy atom. The highest BCUT2D eigenvalue weighted by Gasteiger charge is 2.11. The molecule has 0 bridgehead atoms. The molecule has 0 aliphatic rings. The normalized spacial score (nSPS) is 12.3. The molecule has 8 heteroatoms. The van der Waals surface area contributed by atoms with Gasteiger partial charge in [-0.1, -0.05) is 24.3 Å². The van der Waals surface area contributed by atoms with Gasteiger partial charge in [-0.05, 0) is 49.4 Å². The first-order chi connectivity index (χ1) is 14.3. The number of aliphatic imine (C=N–C) groups is 1. The van der Waals surface area contributed by atoms with Crippen molar-refractivity contribution in [2.24, 2.45) is 4.99 Å². The molecule has 1 aromatic carbocycles. The number of nitrogens with one attached hydrogen (secondary N) is 3. The summed E-state index contributed by atoms with van der Waals surface area (Å²) in [6.45, 7) is 4.87. The molecular formula is C22H30IN5OS. The molecule has 3 rings (SSSR count). The fourth-order valence-electron chi connectivity index (χ4n) is 2.92. The van der Waals surface area contributed by atoms with Crippen LogP contribution in [0.3, 0.4) is 0 Å². The molecule has 3 aromatic rings. The summed E-state index contributed by atoms with van der Waals surface area (Å²) in [7, 11) is 0. The van der Waals surface area contributed by atoms with E-state index in [-0.39, 0.29) is 24.0 Å². The predicted octanol–water partition coefficient (Wildman–Crippen LogP) is 4.40. The average molecular weight is 539 g/mol. The average Bonchev–Trinajstić information content (AvgIpc) is 3.19. The third-order valence-electron chi connectivity index (χ3n) is 4.41. The molecule has 2 aromatic heterocycles. The fraction of sp³-hybridized carbons (Fsp3) is 0.364. The number of pyridine rings is 1. The summed E-state index contributed by atoms with van der Waals surface area (Å²) in [5, 5.41) is 21.6. The van der Waals surface area contributed by atoms with Crippen molar-refractivity contribution in [2.75, 3.05) is 31.5 Å². The number of aliphatic hydroxyl groups excluding tert-OH is 1. The standard InChI is InChI=1S/C22H29N5OS.HI/c1-2-23-22(26-14-8-7-13-25-21-11-5-6-12-24-21)27-16-18(28)20-15-17-9-3-4-10-19(17)29-20;/h3-6,9-12,15,18,28H,2,7-8,13-14,16H2,1H3,(H,24,25)(H2,23,26,27);1H. The Morgan fingerprint density at radius 1 is 1.10 bits per heavy atom. The van der Waals surface area contributed by atoms with Crippen LogP contribution < -0.4 is 16.0 Å². The van der Waals surface area contributed by atoms with Gasteiger partial charge in [0.05, 0.1) is 6.54 Å². The Bertz CT molecular complexity index is 870. The molecule has 1 atom stereocenters. The molecule has 0 spiro atoms. The van der Waals surface area contributed by atoms with Gasteiger partial charge in [-0.3, -0.25) is 4.99 Å². The number of anilines is 1. The smallest absolute Gasteiger partial charge is 0.191 e. The van der Waals surface area contributed by atoms with E-state index in [1.165, 1.54) is 10.1 Å². The zero-order valence-corrected chi connectivity index (χ0v) is 20.3. The van der Waals surface area contributed by atoms with E-state index in [1.807, 2.05) is 37.3 Å². The molecule has 0 aliphatic heterocycles. The molecule has 0 saturated heterocycles. The highest BCUT2D eigenvalue weighted by Crippen LogP contribution is 2.29. The van der Waals surface area contributed by atoms with E-state index < -0.39 is 6.10 Å². The van der Waals surface area contributed by atoms with E-state index >= 15 is 0 Å². The zero-order valence-electron chi connectivity index (χ0n) is 17.2. The van der Waals surface area contributed by atoms with Gasteiger partial charge < -0.3 is 21.1 Å². The van der Waals surface area contributed by atoms with Gasteiger partial charge in [0.1, 0.15) is 11.9 Å². The van der Waals surface area contributed by atoms with Crippen LogP contribution in [-0.4, -0.2) is 42.2 Å². The topological polar surface area (TPSA) is 81.6 Å². The van der Waals surface area contributed by atoms with E-state index in [0.717, 1.165) is 49.1 Å². The highest BCUT2D eigenvalue weighted by molar-refractivity contribution is 14.0. The van der Waals surface area contributed by atoms with Crippen molar-refractivity contribution in [3.8, 4) is 0 Å². The van der Waals surface area contributed by atoms with Gasteiger partial charge in [0.2, 0.25) is 0 Å². The van der Waals surface area contributed by atoms with Crippen molar-refractivity contribution in [1.82, 2.24) is 15.6 Å². The Morgan fingerprint density at radius 3 is 2.67 bits per heavy atom. The molecule has 30 heavy (non-hydrogen) atoms. The van der Waals surface area contributed by atoms with E-state index in [1.54, 1.807) is 17.5 Å². The van der Waals surface area contributed by atoms with Crippen molar-refractivity contribution >= 4 is 57.2 Å². The molecule has 4 N–H and O–H groups in total. The summed E-state index contributed by atoms with van der Waals surface area (Å²) in [6, 6.07) is 16.1. The summed E-state index contributed by atoms with van der Waals surface area (Å²) in [5.74, 6) is 1.65. The Balaban J connectivity index is 0.00000320. The van der Waals surface area contributed by atoms with Crippen LogP contribution in [0.2, 0.25) is 0 Å². The number of aromatic nitrogens is 1. The molecule has 2 heterocycles. The van der Waals surface area contributed by atoms with Gasteiger partial charge in [-0.25, -0.2) is 4.98 Å². The zero-order chi connectivity index (χ0) is 20.3. The molecular weight excluding hydrogens is 509 g/mol. The number of fused-ring (bicyclic) bond motifs is 1. The molecule has 1 unspecified atom stereocenters. The first-order valence-corrected chi connectivity index (χ1v) is 10.9. The van der Waals surface area contributed by atoms with Crippen molar-refractivity contribution in [2.45, 2.75) is 25.9 Å². The van der Waals surface area contributed by atoms with Gasteiger partial charge >= 0.3 is 0 Å². The van der Waals surface area contributed by atoms with Gasteiger partial charge in [0.25, 0.3) is 0 Å². The molecule has 6 nitrogen and oxygen atoms in total. The van der Waals surface area contributed by atoms with Gasteiger partial charge in [-0.2, -0.15) is 0 Å². The predicted molar refractivity (Wildman–Crippen MR) is 138 cm³/mol. The maximum Gasteiger partial charge on any atom is 0.191 e. The number of thiophene rings is 1. The monoisotopic (exact) mass is 539 g/mol. The minimum atomic E-state index is -0.592. The number of benzene rings is 1. The van der Waals surface area contributed by atoms with Crippen LogP contribution in [0.5, 0.6) is 0 Å². The summed E-state index contributed by atoms with van der Waals surface area (Å²) >= 11 is 1.62. The second-order valence-electron chi connectivity index (χ2n) is 6.70.